The Labute approximate surface area is 193 Å². The first-order valence-electron chi connectivity index (χ1n) is 11.3. The maximum Gasteiger partial charge on any atom is 0.289 e. The Hall–Kier alpha value is -3.74. The van der Waals surface area contributed by atoms with Crippen LogP contribution in [0.25, 0.3) is 22.4 Å². The number of anilines is 1. The molecule has 0 bridgehead atoms. The van der Waals surface area contributed by atoms with Crippen LogP contribution >= 0.6 is 0 Å². The normalized spacial score (nSPS) is 16.2. The number of pyridine rings is 1. The Morgan fingerprint density at radius 3 is 2.76 bits per heavy atom. The minimum Gasteiger partial charge on any atom is -0.451 e. The van der Waals surface area contributed by atoms with Gasteiger partial charge in [-0.05, 0) is 38.0 Å². The van der Waals surface area contributed by atoms with Gasteiger partial charge in [0.25, 0.3) is 5.91 Å². The van der Waals surface area contributed by atoms with Crippen LogP contribution in [0, 0.1) is 6.92 Å². The number of hydrogen-bond donors (Lipinski definition) is 0. The Balaban J connectivity index is 1.45. The largest absolute Gasteiger partial charge is 0.451 e. The summed E-state index contributed by atoms with van der Waals surface area (Å²) in [5.41, 5.74) is 3.48. The number of amides is 1. The number of aryl methyl sites for hydroxylation is 1. The summed E-state index contributed by atoms with van der Waals surface area (Å²) in [7, 11) is 3.94. The van der Waals surface area contributed by atoms with E-state index in [4.69, 9.17) is 14.4 Å². The van der Waals surface area contributed by atoms with Crippen LogP contribution < -0.4 is 4.90 Å². The molecule has 3 aromatic heterocycles. The molecule has 1 atom stereocenters. The third-order valence-electron chi connectivity index (χ3n) is 6.28. The number of fused-ring (bicyclic) bond motifs is 1. The highest BCUT2D eigenvalue weighted by Crippen LogP contribution is 2.32. The van der Waals surface area contributed by atoms with Crippen molar-refractivity contribution < 1.29 is 9.21 Å². The highest BCUT2D eigenvalue weighted by Gasteiger charge is 2.30. The van der Waals surface area contributed by atoms with Crippen LogP contribution in [0.15, 0.2) is 59.3 Å². The number of hydrogen-bond acceptors (Lipinski definition) is 6. The number of furan rings is 1. The van der Waals surface area contributed by atoms with Gasteiger partial charge in [-0.1, -0.05) is 18.2 Å². The first-order chi connectivity index (χ1) is 16.0. The fourth-order valence-corrected chi connectivity index (χ4v) is 4.44. The van der Waals surface area contributed by atoms with Gasteiger partial charge in [-0.25, -0.2) is 9.97 Å². The molecule has 7 nitrogen and oxygen atoms in total. The summed E-state index contributed by atoms with van der Waals surface area (Å²) in [6, 6.07) is 13.7. The Morgan fingerprint density at radius 2 is 2.00 bits per heavy atom. The third-order valence-corrected chi connectivity index (χ3v) is 6.28. The van der Waals surface area contributed by atoms with E-state index in [1.54, 1.807) is 12.4 Å². The Morgan fingerprint density at radius 1 is 1.15 bits per heavy atom. The lowest BCUT2D eigenvalue weighted by atomic mass is 9.94. The summed E-state index contributed by atoms with van der Waals surface area (Å²) < 4.78 is 5.95. The highest BCUT2D eigenvalue weighted by atomic mass is 16.3. The van der Waals surface area contributed by atoms with E-state index < -0.39 is 0 Å². The van der Waals surface area contributed by atoms with Crippen molar-refractivity contribution in [1.29, 1.82) is 0 Å². The lowest BCUT2D eigenvalue weighted by Gasteiger charge is -2.32. The first-order valence-corrected chi connectivity index (χ1v) is 11.3. The van der Waals surface area contributed by atoms with Crippen molar-refractivity contribution in [2.45, 2.75) is 25.7 Å². The quantitative estimate of drug-likeness (QED) is 0.458. The SMILES string of the molecule is Cc1c(C(=O)N2CCC[C@H](c3cc(N(C)C)nc(-c4cccnc4)n3)C2)oc2ccccc12. The van der Waals surface area contributed by atoms with E-state index in [0.717, 1.165) is 46.4 Å². The van der Waals surface area contributed by atoms with E-state index in [1.165, 1.54) is 0 Å². The van der Waals surface area contributed by atoms with Crippen LogP contribution in [0.3, 0.4) is 0 Å². The zero-order chi connectivity index (χ0) is 22.9. The van der Waals surface area contributed by atoms with Gasteiger partial charge in [0, 0.05) is 68.1 Å². The number of rotatable bonds is 4. The van der Waals surface area contributed by atoms with E-state index in [2.05, 4.69) is 4.98 Å². The molecular weight excluding hydrogens is 414 g/mol. The van der Waals surface area contributed by atoms with Crippen molar-refractivity contribution in [3.05, 3.63) is 71.9 Å². The lowest BCUT2D eigenvalue weighted by molar-refractivity contribution is 0.0675. The number of nitrogens with zero attached hydrogens (tertiary/aromatic N) is 5. The van der Waals surface area contributed by atoms with Gasteiger partial charge in [0.05, 0.1) is 5.69 Å². The van der Waals surface area contributed by atoms with Gasteiger partial charge in [-0.3, -0.25) is 9.78 Å². The molecule has 0 spiro atoms. The summed E-state index contributed by atoms with van der Waals surface area (Å²) >= 11 is 0. The molecule has 0 N–H and O–H groups in total. The summed E-state index contributed by atoms with van der Waals surface area (Å²) in [5, 5.41) is 0.988. The molecule has 4 aromatic rings. The molecule has 0 aliphatic carbocycles. The molecular formula is C26H27N5O2. The second kappa shape index (κ2) is 8.65. The molecule has 0 unspecified atom stereocenters. The van der Waals surface area contributed by atoms with Crippen LogP contribution in [0.1, 0.15) is 40.6 Å². The van der Waals surface area contributed by atoms with Gasteiger partial charge in [0.2, 0.25) is 0 Å². The molecule has 1 aromatic carbocycles. The van der Waals surface area contributed by atoms with Crippen LogP contribution in [0.5, 0.6) is 0 Å². The monoisotopic (exact) mass is 441 g/mol. The highest BCUT2D eigenvalue weighted by molar-refractivity contribution is 5.99. The average molecular weight is 442 g/mol. The summed E-state index contributed by atoms with van der Waals surface area (Å²) in [6.45, 7) is 3.27. The second-order valence-corrected chi connectivity index (χ2v) is 8.75. The molecule has 33 heavy (non-hydrogen) atoms. The Kier molecular flexibility index (Phi) is 5.54. The van der Waals surface area contributed by atoms with Crippen molar-refractivity contribution in [3.8, 4) is 11.4 Å². The predicted octanol–water partition coefficient (Wildman–Crippen LogP) is 4.68. The van der Waals surface area contributed by atoms with Crippen molar-refractivity contribution in [3.63, 3.8) is 0 Å². The fraction of sp³-hybridized carbons (Fsp3) is 0.308. The van der Waals surface area contributed by atoms with Crippen molar-refractivity contribution in [2.75, 3.05) is 32.1 Å². The Bertz CT molecular complexity index is 1300. The van der Waals surface area contributed by atoms with E-state index >= 15 is 0 Å². The van der Waals surface area contributed by atoms with Gasteiger partial charge in [-0.15, -0.1) is 0 Å². The van der Waals surface area contributed by atoms with E-state index in [0.29, 0.717) is 24.7 Å². The third kappa shape index (κ3) is 4.06. The summed E-state index contributed by atoms with van der Waals surface area (Å²) in [5.74, 6) is 2.01. The fourth-order valence-electron chi connectivity index (χ4n) is 4.44. The average Bonchev–Trinajstić information content (AvgIpc) is 3.20. The van der Waals surface area contributed by atoms with Crippen molar-refractivity contribution in [2.24, 2.45) is 0 Å². The van der Waals surface area contributed by atoms with Gasteiger partial charge in [0.1, 0.15) is 11.4 Å². The van der Waals surface area contributed by atoms with E-state index in [-0.39, 0.29) is 11.8 Å². The van der Waals surface area contributed by atoms with Crippen LogP contribution in [0.2, 0.25) is 0 Å². The molecule has 168 valence electrons. The molecule has 0 radical (unpaired) electrons. The zero-order valence-electron chi connectivity index (χ0n) is 19.2. The summed E-state index contributed by atoms with van der Waals surface area (Å²) in [4.78, 5) is 31.1. The lowest BCUT2D eigenvalue weighted by Crippen LogP contribution is -2.39. The minimum atomic E-state index is -0.0530. The molecule has 1 saturated heterocycles. The number of carbonyl (C=O) groups excluding carboxylic acids is 1. The minimum absolute atomic E-state index is 0.0530. The number of piperidine rings is 1. The maximum absolute atomic E-state index is 13.4. The molecule has 1 aliphatic rings. The topological polar surface area (TPSA) is 75.4 Å². The standard InChI is InChI=1S/C26H27N5O2/c1-17-20-10-4-5-11-22(20)33-24(17)26(32)31-13-7-9-19(16-31)21-14-23(30(2)3)29-25(28-21)18-8-6-12-27-15-18/h4-6,8,10-12,14-15,19H,7,9,13,16H2,1-3H3/t19-/m0/s1. The zero-order valence-corrected chi connectivity index (χ0v) is 19.2. The van der Waals surface area contributed by atoms with Gasteiger partial charge in [0.15, 0.2) is 11.6 Å². The molecule has 1 aliphatic heterocycles. The number of likely N-dealkylation sites (tertiary alicyclic amines) is 1. The van der Waals surface area contributed by atoms with Crippen molar-refractivity contribution in [1.82, 2.24) is 19.9 Å². The predicted molar refractivity (Wildman–Crippen MR) is 128 cm³/mol. The van der Waals surface area contributed by atoms with Crippen LogP contribution in [0.4, 0.5) is 5.82 Å². The molecule has 1 amide bonds. The molecule has 1 fully saturated rings. The molecule has 0 saturated carbocycles. The smallest absolute Gasteiger partial charge is 0.289 e. The van der Waals surface area contributed by atoms with Gasteiger partial charge >= 0.3 is 0 Å². The second-order valence-electron chi connectivity index (χ2n) is 8.75. The van der Waals surface area contributed by atoms with Gasteiger partial charge < -0.3 is 14.2 Å². The first kappa shape index (κ1) is 21.1. The molecule has 5 rings (SSSR count). The number of para-hydroxylation sites is 1. The van der Waals surface area contributed by atoms with E-state index in [1.807, 2.05) is 73.3 Å². The van der Waals surface area contributed by atoms with E-state index in [9.17, 15) is 4.79 Å². The molecule has 7 heteroatoms. The number of carbonyl (C=O) groups is 1. The molecule has 4 heterocycles. The number of aromatic nitrogens is 3. The van der Waals surface area contributed by atoms with Crippen LogP contribution in [-0.2, 0) is 0 Å². The van der Waals surface area contributed by atoms with Crippen LogP contribution in [-0.4, -0.2) is 52.9 Å². The summed E-state index contributed by atoms with van der Waals surface area (Å²) in [6.07, 6.45) is 5.41. The number of benzene rings is 1. The maximum atomic E-state index is 13.4. The van der Waals surface area contributed by atoms with Gasteiger partial charge in [-0.2, -0.15) is 0 Å². The van der Waals surface area contributed by atoms with Crippen molar-refractivity contribution >= 4 is 22.7 Å².